The van der Waals surface area contributed by atoms with Crippen LogP contribution in [0.5, 0.6) is 0 Å². The standard InChI is InChI=1S/C16H11FIN5OS/c17-9-1-4-11(5-2-9)23-14(8-20-22-16(19)25)21-13-6-3-10(18)7-12(13)15(23)24/h1-8H,(H3,19,22,25)/b20-8+. The first kappa shape index (κ1) is 17.4. The molecular weight excluding hydrogens is 456 g/mol. The molecule has 0 bridgehead atoms. The van der Waals surface area contributed by atoms with Crippen LogP contribution in [0.3, 0.4) is 0 Å². The molecule has 3 aromatic rings. The summed E-state index contributed by atoms with van der Waals surface area (Å²) in [7, 11) is 0. The van der Waals surface area contributed by atoms with E-state index in [4.69, 9.17) is 18.0 Å². The van der Waals surface area contributed by atoms with Crippen LogP contribution in [0.25, 0.3) is 16.6 Å². The minimum absolute atomic E-state index is 0.0118. The molecule has 0 saturated heterocycles. The summed E-state index contributed by atoms with van der Waals surface area (Å²) >= 11 is 6.81. The predicted molar refractivity (Wildman–Crippen MR) is 108 cm³/mol. The van der Waals surface area contributed by atoms with E-state index < -0.39 is 5.82 Å². The van der Waals surface area contributed by atoms with Crippen molar-refractivity contribution in [2.24, 2.45) is 10.8 Å². The molecule has 1 heterocycles. The normalized spacial score (nSPS) is 11.1. The van der Waals surface area contributed by atoms with Crippen molar-refractivity contribution in [2.45, 2.75) is 0 Å². The molecule has 2 aromatic carbocycles. The van der Waals surface area contributed by atoms with Gasteiger partial charge in [0, 0.05) is 3.57 Å². The Balaban J connectivity index is 2.27. The summed E-state index contributed by atoms with van der Waals surface area (Å²) in [5.41, 5.74) is 8.47. The Morgan fingerprint density at radius 1 is 1.32 bits per heavy atom. The molecule has 0 unspecified atom stereocenters. The first-order valence-corrected chi connectivity index (χ1v) is 8.51. The minimum atomic E-state index is -0.398. The second kappa shape index (κ2) is 7.23. The number of fused-ring (bicyclic) bond motifs is 1. The zero-order valence-electron chi connectivity index (χ0n) is 12.6. The van der Waals surface area contributed by atoms with Gasteiger partial charge in [-0.25, -0.2) is 9.37 Å². The smallest absolute Gasteiger partial charge is 0.266 e. The number of nitrogens with zero attached hydrogens (tertiary/aromatic N) is 3. The summed E-state index contributed by atoms with van der Waals surface area (Å²) in [4.78, 5) is 17.4. The zero-order chi connectivity index (χ0) is 18.0. The molecule has 0 spiro atoms. The van der Waals surface area contributed by atoms with Gasteiger partial charge in [-0.1, -0.05) is 0 Å². The highest BCUT2D eigenvalue weighted by Crippen LogP contribution is 2.15. The number of benzene rings is 2. The van der Waals surface area contributed by atoms with E-state index in [1.54, 1.807) is 12.1 Å². The van der Waals surface area contributed by atoms with Gasteiger partial charge in [0.25, 0.3) is 5.56 Å². The lowest BCUT2D eigenvalue weighted by atomic mass is 10.2. The third-order valence-electron chi connectivity index (χ3n) is 3.30. The summed E-state index contributed by atoms with van der Waals surface area (Å²) in [5, 5.41) is 4.31. The number of hydrazone groups is 1. The first-order valence-electron chi connectivity index (χ1n) is 7.02. The van der Waals surface area contributed by atoms with Gasteiger partial charge in [-0.15, -0.1) is 0 Å². The molecule has 0 saturated carbocycles. The van der Waals surface area contributed by atoms with Crippen LogP contribution in [-0.4, -0.2) is 20.9 Å². The molecule has 0 atom stereocenters. The molecule has 3 N–H and O–H groups in total. The van der Waals surface area contributed by atoms with Crippen molar-refractivity contribution in [2.75, 3.05) is 0 Å². The highest BCUT2D eigenvalue weighted by Gasteiger charge is 2.12. The maximum absolute atomic E-state index is 13.2. The van der Waals surface area contributed by atoms with Crippen LogP contribution < -0.4 is 16.7 Å². The summed E-state index contributed by atoms with van der Waals surface area (Å²) in [5.74, 6) is -0.139. The Labute approximate surface area is 160 Å². The minimum Gasteiger partial charge on any atom is -0.375 e. The van der Waals surface area contributed by atoms with Gasteiger partial charge in [0.1, 0.15) is 5.82 Å². The van der Waals surface area contributed by atoms with Gasteiger partial charge < -0.3 is 5.73 Å². The first-order chi connectivity index (χ1) is 12.0. The number of rotatable bonds is 3. The molecule has 0 radical (unpaired) electrons. The third-order valence-corrected chi connectivity index (χ3v) is 4.06. The van der Waals surface area contributed by atoms with Crippen molar-refractivity contribution in [1.29, 1.82) is 0 Å². The van der Waals surface area contributed by atoms with Gasteiger partial charge in [0.15, 0.2) is 10.9 Å². The molecule has 9 heteroatoms. The SMILES string of the molecule is NC(=S)N/N=C/c1nc2ccc(I)cc2c(=O)n1-c1ccc(F)cc1. The van der Waals surface area contributed by atoms with Crippen molar-refractivity contribution < 1.29 is 4.39 Å². The average molecular weight is 467 g/mol. The molecule has 0 aliphatic carbocycles. The van der Waals surface area contributed by atoms with E-state index in [0.717, 1.165) is 3.57 Å². The molecule has 25 heavy (non-hydrogen) atoms. The predicted octanol–water partition coefficient (Wildman–Crippen LogP) is 2.30. The zero-order valence-corrected chi connectivity index (χ0v) is 15.6. The lowest BCUT2D eigenvalue weighted by molar-refractivity contribution is 0.627. The number of hydrogen-bond acceptors (Lipinski definition) is 4. The summed E-state index contributed by atoms with van der Waals surface area (Å²) in [6, 6.07) is 10.9. The van der Waals surface area contributed by atoms with Gasteiger partial charge in [-0.05, 0) is 77.3 Å². The molecule has 0 fully saturated rings. The van der Waals surface area contributed by atoms with Crippen LogP contribution in [0.1, 0.15) is 5.82 Å². The maximum atomic E-state index is 13.2. The van der Waals surface area contributed by atoms with E-state index in [2.05, 4.69) is 38.1 Å². The second-order valence-electron chi connectivity index (χ2n) is 4.98. The molecule has 0 amide bonds. The fraction of sp³-hybridized carbons (Fsp3) is 0. The molecule has 3 rings (SSSR count). The van der Waals surface area contributed by atoms with E-state index in [0.29, 0.717) is 16.6 Å². The van der Waals surface area contributed by atoms with Gasteiger partial charge >= 0.3 is 0 Å². The molecule has 126 valence electrons. The Bertz CT molecular complexity index is 1050. The second-order valence-corrected chi connectivity index (χ2v) is 6.67. The van der Waals surface area contributed by atoms with Crippen molar-refractivity contribution in [1.82, 2.24) is 15.0 Å². The fourth-order valence-corrected chi connectivity index (χ4v) is 2.80. The Hall–Kier alpha value is -2.40. The van der Waals surface area contributed by atoms with Crippen LogP contribution in [-0.2, 0) is 0 Å². The lowest BCUT2D eigenvalue weighted by Gasteiger charge is -2.11. The number of halogens is 2. The molecule has 0 aliphatic rings. The quantitative estimate of drug-likeness (QED) is 0.267. The van der Waals surface area contributed by atoms with Crippen molar-refractivity contribution >= 4 is 57.0 Å². The lowest BCUT2D eigenvalue weighted by Crippen LogP contribution is -2.26. The highest BCUT2D eigenvalue weighted by molar-refractivity contribution is 14.1. The van der Waals surface area contributed by atoms with Crippen LogP contribution in [0.15, 0.2) is 52.4 Å². The largest absolute Gasteiger partial charge is 0.375 e. The number of nitrogens with one attached hydrogen (secondary N) is 1. The van der Waals surface area contributed by atoms with Crippen LogP contribution in [0.2, 0.25) is 0 Å². The van der Waals surface area contributed by atoms with E-state index in [-0.39, 0.29) is 16.5 Å². The summed E-state index contributed by atoms with van der Waals surface area (Å²) < 4.78 is 15.5. The van der Waals surface area contributed by atoms with Gasteiger partial charge in [0.05, 0.1) is 22.8 Å². The Kier molecular flexibility index (Phi) is 5.04. The summed E-state index contributed by atoms with van der Waals surface area (Å²) in [6.45, 7) is 0. The maximum Gasteiger partial charge on any atom is 0.266 e. The third kappa shape index (κ3) is 3.82. The fourth-order valence-electron chi connectivity index (χ4n) is 2.25. The van der Waals surface area contributed by atoms with E-state index in [9.17, 15) is 9.18 Å². The van der Waals surface area contributed by atoms with Gasteiger partial charge in [-0.3, -0.25) is 14.8 Å². The highest BCUT2D eigenvalue weighted by atomic mass is 127. The van der Waals surface area contributed by atoms with Crippen molar-refractivity contribution in [3.63, 3.8) is 0 Å². The number of aromatic nitrogens is 2. The van der Waals surface area contributed by atoms with Crippen molar-refractivity contribution in [3.05, 3.63) is 68.0 Å². The summed E-state index contributed by atoms with van der Waals surface area (Å²) in [6.07, 6.45) is 1.33. The van der Waals surface area contributed by atoms with E-state index in [1.165, 1.54) is 35.0 Å². The van der Waals surface area contributed by atoms with Crippen LogP contribution >= 0.6 is 34.8 Å². The number of hydrogen-bond donors (Lipinski definition) is 2. The Morgan fingerprint density at radius 2 is 2.04 bits per heavy atom. The molecular formula is C16H11FIN5OS. The number of nitrogens with two attached hydrogens (primary N) is 1. The topological polar surface area (TPSA) is 85.3 Å². The van der Waals surface area contributed by atoms with E-state index >= 15 is 0 Å². The Morgan fingerprint density at radius 3 is 2.72 bits per heavy atom. The van der Waals surface area contributed by atoms with Gasteiger partial charge in [-0.2, -0.15) is 5.10 Å². The van der Waals surface area contributed by atoms with E-state index in [1.807, 2.05) is 6.07 Å². The average Bonchev–Trinajstić information content (AvgIpc) is 2.57. The molecule has 1 aromatic heterocycles. The molecule has 6 nitrogen and oxygen atoms in total. The van der Waals surface area contributed by atoms with Crippen LogP contribution in [0, 0.1) is 9.39 Å². The van der Waals surface area contributed by atoms with Crippen LogP contribution in [0.4, 0.5) is 4.39 Å². The van der Waals surface area contributed by atoms with Crippen molar-refractivity contribution in [3.8, 4) is 5.69 Å². The molecule has 0 aliphatic heterocycles. The van der Waals surface area contributed by atoms with Gasteiger partial charge in [0.2, 0.25) is 0 Å². The number of thiocarbonyl (C=S) groups is 1. The monoisotopic (exact) mass is 467 g/mol.